The number of aliphatic hydroxyl groups is 1. The van der Waals surface area contributed by atoms with Crippen LogP contribution in [0.3, 0.4) is 0 Å². The largest absolute Gasteiger partial charge is 0.508 e. The van der Waals surface area contributed by atoms with Gasteiger partial charge in [0, 0.05) is 5.41 Å². The molecule has 3 aliphatic carbocycles. The Morgan fingerprint density at radius 2 is 2.09 bits per heavy atom. The second-order valence-electron chi connectivity index (χ2n) is 7.46. The summed E-state index contributed by atoms with van der Waals surface area (Å²) in [5.74, 6) is 4.39. The summed E-state index contributed by atoms with van der Waals surface area (Å²) in [7, 11) is 0. The molecule has 4 rings (SSSR count). The van der Waals surface area contributed by atoms with Crippen molar-refractivity contribution in [3.63, 3.8) is 0 Å². The molecule has 2 fully saturated rings. The van der Waals surface area contributed by atoms with Crippen molar-refractivity contribution in [3.8, 4) is 18.1 Å². The quantitative estimate of drug-likeness (QED) is 0.716. The number of aromatic hydroxyl groups is 1. The molecule has 5 atom stereocenters. The van der Waals surface area contributed by atoms with E-state index >= 15 is 0 Å². The number of phenolic OH excluding ortho intramolecular Hbond substituents is 1. The lowest BCUT2D eigenvalue weighted by Gasteiger charge is -2.50. The monoisotopic (exact) mass is 294 g/mol. The minimum atomic E-state index is -0.953. The van der Waals surface area contributed by atoms with Crippen LogP contribution in [0.1, 0.15) is 49.7 Å². The van der Waals surface area contributed by atoms with Crippen molar-refractivity contribution < 1.29 is 10.2 Å². The number of terminal acetylenes is 1. The lowest BCUT2D eigenvalue weighted by molar-refractivity contribution is -0.0547. The van der Waals surface area contributed by atoms with Crippen molar-refractivity contribution in [2.45, 2.75) is 44.1 Å². The summed E-state index contributed by atoms with van der Waals surface area (Å²) in [6, 6.07) is 5.70. The van der Waals surface area contributed by atoms with Crippen molar-refractivity contribution in [2.75, 3.05) is 0 Å². The van der Waals surface area contributed by atoms with Crippen molar-refractivity contribution in [1.29, 1.82) is 0 Å². The van der Waals surface area contributed by atoms with E-state index in [1.807, 2.05) is 6.07 Å². The van der Waals surface area contributed by atoms with Crippen molar-refractivity contribution in [1.82, 2.24) is 0 Å². The minimum absolute atomic E-state index is 0.179. The Morgan fingerprint density at radius 1 is 1.27 bits per heavy atom. The van der Waals surface area contributed by atoms with Gasteiger partial charge in [0.25, 0.3) is 0 Å². The molecule has 0 saturated heterocycles. The minimum Gasteiger partial charge on any atom is -0.508 e. The molecule has 114 valence electrons. The van der Waals surface area contributed by atoms with E-state index in [4.69, 9.17) is 6.42 Å². The molecule has 0 aromatic heterocycles. The first-order valence-corrected chi connectivity index (χ1v) is 8.20. The number of phenols is 1. The van der Waals surface area contributed by atoms with E-state index in [1.54, 1.807) is 6.07 Å². The summed E-state index contributed by atoms with van der Waals surface area (Å²) < 4.78 is 0. The van der Waals surface area contributed by atoms with E-state index in [0.29, 0.717) is 29.9 Å². The Morgan fingerprint density at radius 3 is 2.86 bits per heavy atom. The van der Waals surface area contributed by atoms with Gasteiger partial charge in [0.1, 0.15) is 11.4 Å². The van der Waals surface area contributed by atoms with E-state index in [1.165, 1.54) is 5.56 Å². The fourth-order valence-electron chi connectivity index (χ4n) is 5.34. The van der Waals surface area contributed by atoms with Gasteiger partial charge in [-0.05, 0) is 66.7 Å². The Hall–Kier alpha value is -1.72. The van der Waals surface area contributed by atoms with Crippen LogP contribution in [0.4, 0.5) is 0 Å². The van der Waals surface area contributed by atoms with Crippen LogP contribution in [0.2, 0.25) is 0 Å². The van der Waals surface area contributed by atoms with Gasteiger partial charge in [0.2, 0.25) is 0 Å². The Balaban J connectivity index is 1.76. The van der Waals surface area contributed by atoms with Gasteiger partial charge in [-0.2, -0.15) is 0 Å². The van der Waals surface area contributed by atoms with Crippen LogP contribution in [-0.2, 0) is 0 Å². The first-order valence-electron chi connectivity index (χ1n) is 8.20. The number of rotatable bonds is 0. The third-order valence-electron chi connectivity index (χ3n) is 6.69. The van der Waals surface area contributed by atoms with Crippen LogP contribution >= 0.6 is 0 Å². The highest BCUT2D eigenvalue weighted by Crippen LogP contribution is 2.63. The van der Waals surface area contributed by atoms with Crippen LogP contribution in [0.5, 0.6) is 5.75 Å². The molecule has 0 heterocycles. The summed E-state index contributed by atoms with van der Waals surface area (Å²) >= 11 is 0. The zero-order chi connectivity index (χ0) is 15.5. The molecule has 0 amide bonds. The van der Waals surface area contributed by atoms with Crippen LogP contribution in [0.25, 0.3) is 6.08 Å². The van der Waals surface area contributed by atoms with Gasteiger partial charge >= 0.3 is 0 Å². The molecule has 3 aliphatic rings. The normalized spacial score (nSPS) is 42.1. The first kappa shape index (κ1) is 13.9. The number of fused-ring (bicyclic) bond motifs is 5. The van der Waals surface area contributed by atoms with Crippen molar-refractivity contribution in [3.05, 3.63) is 35.4 Å². The maximum Gasteiger partial charge on any atom is 0.130 e. The second kappa shape index (κ2) is 4.40. The zero-order valence-electron chi connectivity index (χ0n) is 12.9. The number of hydrogen-bond donors (Lipinski definition) is 2. The standard InChI is InChI=1S/C20H22O2/c1-3-20(22)11-9-18-17-6-4-13-12-14(21)5-7-15(13)16(17)8-10-19(18,20)2/h1,4-7,12,16-18,21-22H,8-11H2,2H3/t16?,17?,18?,19-,20-/m1/s1. The molecule has 1 aromatic carbocycles. The molecule has 2 saturated carbocycles. The summed E-state index contributed by atoms with van der Waals surface area (Å²) in [5, 5.41) is 20.6. The highest BCUT2D eigenvalue weighted by molar-refractivity contribution is 5.61. The van der Waals surface area contributed by atoms with Crippen LogP contribution in [0.15, 0.2) is 24.3 Å². The molecule has 0 radical (unpaired) electrons. The lowest BCUT2D eigenvalue weighted by Crippen LogP contribution is -2.49. The summed E-state index contributed by atoms with van der Waals surface area (Å²) in [6.07, 6.45) is 13.8. The van der Waals surface area contributed by atoms with E-state index in [2.05, 4.69) is 31.1 Å². The summed E-state index contributed by atoms with van der Waals surface area (Å²) in [5.41, 5.74) is 1.34. The SMILES string of the molecule is C#C[C@@]1(O)CCC2C3C=Cc4cc(O)ccc4C3CC[C@]21C. The molecule has 22 heavy (non-hydrogen) atoms. The Kier molecular flexibility index (Phi) is 2.78. The zero-order valence-corrected chi connectivity index (χ0v) is 12.9. The smallest absolute Gasteiger partial charge is 0.130 e. The van der Waals surface area contributed by atoms with E-state index < -0.39 is 5.60 Å². The molecule has 2 nitrogen and oxygen atoms in total. The third-order valence-corrected chi connectivity index (χ3v) is 6.69. The molecule has 0 spiro atoms. The van der Waals surface area contributed by atoms with Gasteiger partial charge < -0.3 is 10.2 Å². The van der Waals surface area contributed by atoms with Gasteiger partial charge in [0.05, 0.1) is 0 Å². The van der Waals surface area contributed by atoms with Gasteiger partial charge in [-0.1, -0.05) is 31.1 Å². The fourth-order valence-corrected chi connectivity index (χ4v) is 5.34. The molecule has 0 bridgehead atoms. The number of allylic oxidation sites excluding steroid dienone is 1. The van der Waals surface area contributed by atoms with Crippen molar-refractivity contribution in [2.24, 2.45) is 17.3 Å². The van der Waals surface area contributed by atoms with E-state index in [0.717, 1.165) is 24.8 Å². The van der Waals surface area contributed by atoms with E-state index in [9.17, 15) is 10.2 Å². The summed E-state index contributed by atoms with van der Waals surface area (Å²) in [4.78, 5) is 0. The van der Waals surface area contributed by atoms with Crippen LogP contribution < -0.4 is 0 Å². The average molecular weight is 294 g/mol. The number of hydrogen-bond acceptors (Lipinski definition) is 2. The van der Waals surface area contributed by atoms with Gasteiger partial charge in [-0.25, -0.2) is 0 Å². The van der Waals surface area contributed by atoms with E-state index in [-0.39, 0.29) is 5.41 Å². The number of benzene rings is 1. The molecular weight excluding hydrogens is 272 g/mol. The molecule has 2 heteroatoms. The Bertz CT molecular complexity index is 698. The van der Waals surface area contributed by atoms with Crippen LogP contribution in [-0.4, -0.2) is 15.8 Å². The third kappa shape index (κ3) is 1.61. The molecule has 0 aliphatic heterocycles. The predicted molar refractivity (Wildman–Crippen MR) is 87.2 cm³/mol. The summed E-state index contributed by atoms with van der Waals surface area (Å²) in [6.45, 7) is 2.18. The highest BCUT2D eigenvalue weighted by Gasteiger charge is 2.60. The van der Waals surface area contributed by atoms with Crippen molar-refractivity contribution >= 4 is 6.08 Å². The topological polar surface area (TPSA) is 40.5 Å². The Labute approximate surface area is 131 Å². The lowest BCUT2D eigenvalue weighted by atomic mass is 9.54. The predicted octanol–water partition coefficient (Wildman–Crippen LogP) is 3.69. The molecule has 3 unspecified atom stereocenters. The average Bonchev–Trinajstić information content (AvgIpc) is 2.79. The maximum absolute atomic E-state index is 10.9. The van der Waals surface area contributed by atoms with Crippen LogP contribution in [0, 0.1) is 29.6 Å². The molecule has 2 N–H and O–H groups in total. The van der Waals surface area contributed by atoms with Gasteiger partial charge in [-0.15, -0.1) is 6.42 Å². The highest BCUT2D eigenvalue weighted by atomic mass is 16.3. The fraction of sp³-hybridized carbons (Fsp3) is 0.500. The maximum atomic E-state index is 10.9. The van der Waals surface area contributed by atoms with Gasteiger partial charge in [-0.3, -0.25) is 0 Å². The first-order chi connectivity index (χ1) is 10.5. The molecule has 1 aromatic rings. The molecular formula is C20H22O2. The van der Waals surface area contributed by atoms with Gasteiger partial charge in [0.15, 0.2) is 0 Å². The second-order valence-corrected chi connectivity index (χ2v) is 7.46.